The molecule has 3 nitrogen and oxygen atoms in total. The van der Waals surface area contributed by atoms with E-state index >= 15 is 0 Å². The number of carbonyl (C=O) groups is 1. The van der Waals surface area contributed by atoms with Crippen molar-refractivity contribution in [1.82, 2.24) is 0 Å². The zero-order valence-corrected chi connectivity index (χ0v) is 10.6. The molecule has 2 aliphatic carbocycles. The Labute approximate surface area is 104 Å². The van der Waals surface area contributed by atoms with Crippen LogP contribution in [0.25, 0.3) is 0 Å². The molecule has 0 aliphatic heterocycles. The molecule has 0 atom stereocenters. The molecule has 0 unspecified atom stereocenters. The Morgan fingerprint density at radius 1 is 0.941 bits per heavy atom. The van der Waals surface area contributed by atoms with Crippen LogP contribution in [0.15, 0.2) is 0 Å². The molecule has 0 saturated heterocycles. The maximum Gasteiger partial charge on any atom is 0.335 e. The maximum atomic E-state index is 11.6. The lowest BCUT2D eigenvalue weighted by molar-refractivity contribution is -0.177. The molecular weight excluding hydrogens is 216 g/mol. The standard InChI is InChI=1S/C14H24O3/c15-13(16)14(17-12-8-4-5-9-12)10-6-2-1-3-7-11-14/h12H,1-11H2,(H,15,16). The Balaban J connectivity index is 2.02. The van der Waals surface area contributed by atoms with Gasteiger partial charge in [0.2, 0.25) is 0 Å². The summed E-state index contributed by atoms with van der Waals surface area (Å²) in [6, 6.07) is 0. The minimum Gasteiger partial charge on any atom is -0.479 e. The van der Waals surface area contributed by atoms with Gasteiger partial charge in [-0.3, -0.25) is 0 Å². The molecule has 0 bridgehead atoms. The van der Waals surface area contributed by atoms with Crippen molar-refractivity contribution in [2.24, 2.45) is 0 Å². The first kappa shape index (κ1) is 12.9. The molecule has 98 valence electrons. The van der Waals surface area contributed by atoms with Gasteiger partial charge in [0, 0.05) is 0 Å². The number of hydrogen-bond donors (Lipinski definition) is 1. The molecule has 0 amide bonds. The molecule has 0 spiro atoms. The Hall–Kier alpha value is -0.570. The van der Waals surface area contributed by atoms with Crippen LogP contribution in [0.1, 0.15) is 70.6 Å². The predicted molar refractivity (Wildman–Crippen MR) is 66.0 cm³/mol. The van der Waals surface area contributed by atoms with Crippen LogP contribution in [0.2, 0.25) is 0 Å². The van der Waals surface area contributed by atoms with E-state index in [2.05, 4.69) is 0 Å². The van der Waals surface area contributed by atoms with Gasteiger partial charge in [-0.15, -0.1) is 0 Å². The second kappa shape index (κ2) is 5.85. The Morgan fingerprint density at radius 2 is 1.47 bits per heavy atom. The highest BCUT2D eigenvalue weighted by atomic mass is 16.5. The van der Waals surface area contributed by atoms with E-state index in [4.69, 9.17) is 4.74 Å². The molecule has 0 heterocycles. The molecular formula is C14H24O3. The van der Waals surface area contributed by atoms with Crippen LogP contribution in [-0.2, 0) is 9.53 Å². The lowest BCUT2D eigenvalue weighted by atomic mass is 9.86. The number of hydrogen-bond acceptors (Lipinski definition) is 2. The van der Waals surface area contributed by atoms with Crippen LogP contribution < -0.4 is 0 Å². The third-order valence-corrected chi connectivity index (χ3v) is 4.25. The van der Waals surface area contributed by atoms with E-state index in [0.717, 1.165) is 38.5 Å². The summed E-state index contributed by atoms with van der Waals surface area (Å²) in [5.74, 6) is -0.730. The first-order valence-electron chi connectivity index (χ1n) is 7.14. The fourth-order valence-corrected chi connectivity index (χ4v) is 3.18. The normalized spacial score (nSPS) is 26.4. The zero-order valence-electron chi connectivity index (χ0n) is 10.6. The van der Waals surface area contributed by atoms with Gasteiger partial charge in [0.1, 0.15) is 0 Å². The van der Waals surface area contributed by atoms with Crippen molar-refractivity contribution < 1.29 is 14.6 Å². The van der Waals surface area contributed by atoms with Crippen molar-refractivity contribution in [3.05, 3.63) is 0 Å². The van der Waals surface area contributed by atoms with Crippen LogP contribution in [0.5, 0.6) is 0 Å². The highest BCUT2D eigenvalue weighted by Gasteiger charge is 2.41. The molecule has 1 N–H and O–H groups in total. The Morgan fingerprint density at radius 3 is 2.00 bits per heavy atom. The SMILES string of the molecule is O=C(O)C1(OC2CCCC2)CCCCCCC1. The molecule has 2 saturated carbocycles. The van der Waals surface area contributed by atoms with E-state index in [-0.39, 0.29) is 6.10 Å². The first-order chi connectivity index (χ1) is 8.23. The number of rotatable bonds is 3. The summed E-state index contributed by atoms with van der Waals surface area (Å²) in [5, 5.41) is 9.54. The van der Waals surface area contributed by atoms with Gasteiger partial charge in [0.25, 0.3) is 0 Å². The summed E-state index contributed by atoms with van der Waals surface area (Å²) in [7, 11) is 0. The van der Waals surface area contributed by atoms with E-state index in [9.17, 15) is 9.90 Å². The molecule has 2 rings (SSSR count). The monoisotopic (exact) mass is 240 g/mol. The van der Waals surface area contributed by atoms with Crippen molar-refractivity contribution in [2.75, 3.05) is 0 Å². The largest absolute Gasteiger partial charge is 0.479 e. The molecule has 2 aliphatic rings. The molecule has 2 fully saturated rings. The second-order valence-corrected chi connectivity index (χ2v) is 5.59. The van der Waals surface area contributed by atoms with Gasteiger partial charge in [-0.05, 0) is 38.5 Å². The second-order valence-electron chi connectivity index (χ2n) is 5.59. The third kappa shape index (κ3) is 3.21. The van der Waals surface area contributed by atoms with E-state index in [0.29, 0.717) is 12.8 Å². The van der Waals surface area contributed by atoms with Crippen molar-refractivity contribution in [2.45, 2.75) is 82.3 Å². The lowest BCUT2D eigenvalue weighted by Gasteiger charge is -2.34. The summed E-state index contributed by atoms with van der Waals surface area (Å²) >= 11 is 0. The van der Waals surface area contributed by atoms with Crippen molar-refractivity contribution >= 4 is 5.97 Å². The Kier molecular flexibility index (Phi) is 4.43. The van der Waals surface area contributed by atoms with Crippen LogP contribution >= 0.6 is 0 Å². The molecule has 17 heavy (non-hydrogen) atoms. The summed E-state index contributed by atoms with van der Waals surface area (Å²) < 4.78 is 6.04. The van der Waals surface area contributed by atoms with Gasteiger partial charge >= 0.3 is 5.97 Å². The van der Waals surface area contributed by atoms with Gasteiger partial charge in [-0.25, -0.2) is 4.79 Å². The zero-order chi connectivity index (χ0) is 12.1. The molecule has 3 heteroatoms. The molecule has 0 aromatic carbocycles. The maximum absolute atomic E-state index is 11.6. The van der Waals surface area contributed by atoms with Gasteiger partial charge in [0.05, 0.1) is 6.10 Å². The summed E-state index contributed by atoms with van der Waals surface area (Å²) in [6.07, 6.45) is 11.7. The van der Waals surface area contributed by atoms with Crippen molar-refractivity contribution in [3.8, 4) is 0 Å². The minimum atomic E-state index is -0.866. The fraction of sp³-hybridized carbons (Fsp3) is 0.929. The topological polar surface area (TPSA) is 46.5 Å². The number of aliphatic carboxylic acids is 1. The molecule has 0 aromatic rings. The number of carboxylic acid groups (broad SMARTS) is 1. The van der Waals surface area contributed by atoms with Crippen molar-refractivity contribution in [3.63, 3.8) is 0 Å². The summed E-state index contributed by atoms with van der Waals surface area (Å²) in [4.78, 5) is 11.6. The molecule has 0 radical (unpaired) electrons. The lowest BCUT2D eigenvalue weighted by Crippen LogP contribution is -2.44. The average Bonchev–Trinajstić information content (AvgIpc) is 2.74. The predicted octanol–water partition coefficient (Wildman–Crippen LogP) is 3.51. The quantitative estimate of drug-likeness (QED) is 0.821. The minimum absolute atomic E-state index is 0.200. The fourth-order valence-electron chi connectivity index (χ4n) is 3.18. The van der Waals surface area contributed by atoms with Crippen LogP contribution in [0, 0.1) is 0 Å². The van der Waals surface area contributed by atoms with E-state index < -0.39 is 11.6 Å². The van der Waals surface area contributed by atoms with Crippen molar-refractivity contribution in [1.29, 1.82) is 0 Å². The highest BCUT2D eigenvalue weighted by molar-refractivity contribution is 5.77. The number of ether oxygens (including phenoxy) is 1. The number of carboxylic acids is 1. The summed E-state index contributed by atoms with van der Waals surface area (Å²) in [6.45, 7) is 0. The average molecular weight is 240 g/mol. The first-order valence-corrected chi connectivity index (χ1v) is 7.14. The van der Waals surface area contributed by atoms with Gasteiger partial charge in [-0.1, -0.05) is 32.1 Å². The molecule has 0 aromatic heterocycles. The van der Waals surface area contributed by atoms with Gasteiger partial charge < -0.3 is 9.84 Å². The van der Waals surface area contributed by atoms with Crippen LogP contribution in [-0.4, -0.2) is 22.8 Å². The Bertz CT molecular complexity index is 248. The summed E-state index contributed by atoms with van der Waals surface area (Å²) in [5.41, 5.74) is -0.866. The smallest absolute Gasteiger partial charge is 0.335 e. The van der Waals surface area contributed by atoms with Gasteiger partial charge in [0.15, 0.2) is 5.60 Å². The van der Waals surface area contributed by atoms with Crippen LogP contribution in [0.4, 0.5) is 0 Å². The van der Waals surface area contributed by atoms with E-state index in [1.807, 2.05) is 0 Å². The van der Waals surface area contributed by atoms with E-state index in [1.54, 1.807) is 0 Å². The van der Waals surface area contributed by atoms with E-state index in [1.165, 1.54) is 19.3 Å². The highest BCUT2D eigenvalue weighted by Crippen LogP contribution is 2.34. The van der Waals surface area contributed by atoms with Gasteiger partial charge in [-0.2, -0.15) is 0 Å². The van der Waals surface area contributed by atoms with Crippen LogP contribution in [0.3, 0.4) is 0 Å². The third-order valence-electron chi connectivity index (χ3n) is 4.25.